The number of pyridine rings is 1. The molecule has 0 unspecified atom stereocenters. The normalized spacial score (nSPS) is 13.4. The number of ether oxygens (including phenoxy) is 3. The molecule has 5 aromatic rings. The molecular weight excluding hydrogens is 580 g/mol. The molecule has 46 heavy (non-hydrogen) atoms. The molecule has 1 aliphatic heterocycles. The second-order valence-corrected chi connectivity index (χ2v) is 12.3. The van der Waals surface area contributed by atoms with Gasteiger partial charge in [0.1, 0.15) is 24.5 Å². The molecule has 236 valence electrons. The number of fused-ring (bicyclic) bond motifs is 1. The van der Waals surface area contributed by atoms with E-state index < -0.39 is 5.60 Å². The summed E-state index contributed by atoms with van der Waals surface area (Å²) in [6.07, 6.45) is 2.43. The molecule has 6 rings (SSSR count). The molecule has 9 nitrogen and oxygen atoms in total. The van der Waals surface area contributed by atoms with Crippen molar-refractivity contribution in [3.63, 3.8) is 0 Å². The summed E-state index contributed by atoms with van der Waals surface area (Å²) in [5, 5.41) is 0.580. The number of carbonyl (C=O) groups is 1. The number of rotatable bonds is 8. The lowest BCUT2D eigenvalue weighted by Gasteiger charge is -2.29. The van der Waals surface area contributed by atoms with Crippen LogP contribution in [-0.2, 0) is 25.0 Å². The molecule has 0 bridgehead atoms. The van der Waals surface area contributed by atoms with E-state index >= 15 is 0 Å². The largest absolute Gasteiger partial charge is 0.473 e. The van der Waals surface area contributed by atoms with Gasteiger partial charge >= 0.3 is 6.09 Å². The van der Waals surface area contributed by atoms with E-state index in [9.17, 15) is 9.59 Å². The zero-order chi connectivity index (χ0) is 32.3. The maximum absolute atomic E-state index is 13.8. The third kappa shape index (κ3) is 6.83. The zero-order valence-electron chi connectivity index (χ0n) is 26.6. The number of amides is 1. The van der Waals surface area contributed by atoms with E-state index in [-0.39, 0.29) is 18.3 Å². The highest BCUT2D eigenvalue weighted by Crippen LogP contribution is 2.29. The van der Waals surface area contributed by atoms with Crippen LogP contribution in [0.15, 0.2) is 102 Å². The van der Waals surface area contributed by atoms with E-state index in [2.05, 4.69) is 6.08 Å². The SMILES string of the molecule is Cn1c2cc(C3=CCN(C(=O)OC(C)(C)C)CC3)ccc2c(=O)n1-c1ccc(OCc2ccccc2)nc1OCc1ccccc1. The summed E-state index contributed by atoms with van der Waals surface area (Å²) in [5.41, 5.74) is 4.69. The number of carbonyl (C=O) groups excluding carboxylic acids is 1. The molecule has 0 spiro atoms. The first-order valence-electron chi connectivity index (χ1n) is 15.4. The van der Waals surface area contributed by atoms with Crippen molar-refractivity contribution in [2.45, 2.75) is 46.0 Å². The topological polar surface area (TPSA) is 87.8 Å². The van der Waals surface area contributed by atoms with Crippen molar-refractivity contribution in [3.05, 3.63) is 124 Å². The first-order chi connectivity index (χ1) is 22.2. The predicted molar refractivity (Wildman–Crippen MR) is 178 cm³/mol. The number of aromatic nitrogens is 3. The molecule has 0 fully saturated rings. The van der Waals surface area contributed by atoms with E-state index in [1.807, 2.05) is 117 Å². The summed E-state index contributed by atoms with van der Waals surface area (Å²) < 4.78 is 21.2. The van der Waals surface area contributed by atoms with Gasteiger partial charge in [0, 0.05) is 26.2 Å². The number of nitrogens with zero attached hydrogens (tertiary/aromatic N) is 4. The van der Waals surface area contributed by atoms with Crippen LogP contribution in [0.5, 0.6) is 11.8 Å². The molecule has 1 amide bonds. The van der Waals surface area contributed by atoms with Gasteiger partial charge in [0.05, 0.1) is 10.9 Å². The van der Waals surface area contributed by atoms with E-state index in [4.69, 9.17) is 19.2 Å². The van der Waals surface area contributed by atoms with E-state index in [0.717, 1.165) is 27.8 Å². The van der Waals surface area contributed by atoms with Gasteiger partial charge in [-0.25, -0.2) is 9.48 Å². The molecule has 0 radical (unpaired) electrons. The quantitative estimate of drug-likeness (QED) is 0.188. The maximum atomic E-state index is 13.8. The zero-order valence-corrected chi connectivity index (χ0v) is 26.6. The Balaban J connectivity index is 1.30. The van der Waals surface area contributed by atoms with Crippen LogP contribution < -0.4 is 15.0 Å². The van der Waals surface area contributed by atoms with Crippen LogP contribution in [0.4, 0.5) is 4.79 Å². The Morgan fingerprint density at radius 1 is 0.870 bits per heavy atom. The Morgan fingerprint density at radius 2 is 1.54 bits per heavy atom. The van der Waals surface area contributed by atoms with Crippen LogP contribution in [0, 0.1) is 0 Å². The maximum Gasteiger partial charge on any atom is 0.410 e. The fraction of sp³-hybridized carbons (Fsp3) is 0.270. The smallest absolute Gasteiger partial charge is 0.410 e. The Morgan fingerprint density at radius 3 is 2.17 bits per heavy atom. The minimum Gasteiger partial charge on any atom is -0.473 e. The number of benzene rings is 3. The van der Waals surface area contributed by atoms with Crippen LogP contribution in [0.2, 0.25) is 0 Å². The number of hydrogen-bond acceptors (Lipinski definition) is 6. The van der Waals surface area contributed by atoms with Gasteiger partial charge in [-0.2, -0.15) is 4.98 Å². The van der Waals surface area contributed by atoms with Crippen LogP contribution in [-0.4, -0.2) is 44.0 Å². The van der Waals surface area contributed by atoms with Gasteiger partial charge in [-0.15, -0.1) is 0 Å². The third-order valence-corrected chi connectivity index (χ3v) is 7.79. The summed E-state index contributed by atoms with van der Waals surface area (Å²) in [7, 11) is 1.85. The molecule has 0 saturated carbocycles. The molecule has 0 aliphatic carbocycles. The second kappa shape index (κ2) is 13.0. The number of aryl methyl sites for hydroxylation is 1. The van der Waals surface area contributed by atoms with Crippen molar-refractivity contribution >= 4 is 22.6 Å². The molecule has 2 aromatic heterocycles. The van der Waals surface area contributed by atoms with Gasteiger partial charge in [0.15, 0.2) is 0 Å². The van der Waals surface area contributed by atoms with Gasteiger partial charge in [-0.1, -0.05) is 72.8 Å². The van der Waals surface area contributed by atoms with Crippen molar-refractivity contribution < 1.29 is 19.0 Å². The van der Waals surface area contributed by atoms with Gasteiger partial charge in [0.25, 0.3) is 5.56 Å². The highest BCUT2D eigenvalue weighted by atomic mass is 16.6. The minimum absolute atomic E-state index is 0.179. The third-order valence-electron chi connectivity index (χ3n) is 7.79. The van der Waals surface area contributed by atoms with Gasteiger partial charge < -0.3 is 19.1 Å². The summed E-state index contributed by atoms with van der Waals surface area (Å²) in [4.78, 5) is 32.8. The average molecular weight is 619 g/mol. The summed E-state index contributed by atoms with van der Waals surface area (Å²) in [6, 6.07) is 29.1. The molecule has 3 aromatic carbocycles. The highest BCUT2D eigenvalue weighted by molar-refractivity contribution is 5.84. The minimum atomic E-state index is -0.540. The fourth-order valence-electron chi connectivity index (χ4n) is 5.45. The highest BCUT2D eigenvalue weighted by Gasteiger charge is 2.25. The van der Waals surface area contributed by atoms with Crippen molar-refractivity contribution in [1.82, 2.24) is 19.2 Å². The fourth-order valence-corrected chi connectivity index (χ4v) is 5.45. The number of hydrogen-bond donors (Lipinski definition) is 0. The Kier molecular flexibility index (Phi) is 8.66. The van der Waals surface area contributed by atoms with Gasteiger partial charge in [-0.05, 0) is 67.7 Å². The summed E-state index contributed by atoms with van der Waals surface area (Å²) >= 11 is 0. The lowest BCUT2D eigenvalue weighted by atomic mass is 9.98. The van der Waals surface area contributed by atoms with Crippen molar-refractivity contribution in [2.75, 3.05) is 13.1 Å². The Bertz CT molecular complexity index is 1940. The van der Waals surface area contributed by atoms with Crippen molar-refractivity contribution in [2.24, 2.45) is 7.05 Å². The lowest BCUT2D eigenvalue weighted by molar-refractivity contribution is 0.0270. The Hall–Kier alpha value is -5.31. The van der Waals surface area contributed by atoms with E-state index in [1.54, 1.807) is 15.6 Å². The van der Waals surface area contributed by atoms with E-state index in [1.165, 1.54) is 0 Å². The summed E-state index contributed by atoms with van der Waals surface area (Å²) in [5.74, 6) is 0.689. The molecule has 0 saturated heterocycles. The van der Waals surface area contributed by atoms with Gasteiger partial charge in [0.2, 0.25) is 11.8 Å². The van der Waals surface area contributed by atoms with Gasteiger partial charge in [-0.3, -0.25) is 9.48 Å². The van der Waals surface area contributed by atoms with Crippen LogP contribution in [0.3, 0.4) is 0 Å². The monoisotopic (exact) mass is 618 g/mol. The van der Waals surface area contributed by atoms with E-state index in [0.29, 0.717) is 49.0 Å². The second-order valence-electron chi connectivity index (χ2n) is 12.3. The summed E-state index contributed by atoms with van der Waals surface area (Å²) in [6.45, 7) is 7.26. The lowest BCUT2D eigenvalue weighted by Crippen LogP contribution is -2.39. The van der Waals surface area contributed by atoms with Crippen molar-refractivity contribution in [3.8, 4) is 17.4 Å². The average Bonchev–Trinajstić information content (AvgIpc) is 3.31. The predicted octanol–water partition coefficient (Wildman–Crippen LogP) is 6.91. The van der Waals surface area contributed by atoms with Crippen LogP contribution in [0.25, 0.3) is 22.2 Å². The van der Waals surface area contributed by atoms with Crippen LogP contribution in [0.1, 0.15) is 43.9 Å². The Labute approximate surface area is 268 Å². The molecular formula is C37H38N4O5. The molecule has 1 aliphatic rings. The molecule has 0 atom stereocenters. The van der Waals surface area contributed by atoms with Crippen LogP contribution >= 0.6 is 0 Å². The first kappa shape index (κ1) is 30.7. The van der Waals surface area contributed by atoms with Crippen molar-refractivity contribution in [1.29, 1.82) is 0 Å². The molecule has 3 heterocycles. The standard InChI is InChI=1S/C37H38N4O5/c1-37(2,3)46-36(43)40-21-19-28(20-22-40)29-15-16-30-32(23-29)39(4)41(35(30)42)31-17-18-33(44-24-26-11-7-5-8-12-26)38-34(31)45-25-27-13-9-6-10-14-27/h5-19,23H,20-22,24-25H2,1-4H3. The molecule has 0 N–H and O–H groups in total. The first-order valence-corrected chi connectivity index (χ1v) is 15.4. The molecule has 9 heteroatoms.